The molecule has 0 aliphatic carbocycles. The molecule has 0 aliphatic rings. The van der Waals surface area contributed by atoms with Gasteiger partial charge < -0.3 is 5.32 Å². The van der Waals surface area contributed by atoms with Crippen LogP contribution in [0.25, 0.3) is 27.8 Å². The fraction of sp³-hybridized carbons (Fsp3) is 0.0476. The minimum atomic E-state index is 0.683. The summed E-state index contributed by atoms with van der Waals surface area (Å²) in [6, 6.07) is 19.9. The molecule has 0 fully saturated rings. The predicted octanol–water partition coefficient (Wildman–Crippen LogP) is 4.42. The lowest BCUT2D eigenvalue weighted by molar-refractivity contribution is 0.878. The Kier molecular flexibility index (Phi) is 3.53. The van der Waals surface area contributed by atoms with Crippen molar-refractivity contribution in [3.63, 3.8) is 0 Å². The second-order valence-corrected chi connectivity index (χ2v) is 6.30. The predicted molar refractivity (Wildman–Crippen MR) is 106 cm³/mol. The number of hydrogen-bond acceptors (Lipinski definition) is 5. The zero-order valence-electron chi connectivity index (χ0n) is 14.7. The van der Waals surface area contributed by atoms with Crippen molar-refractivity contribution >= 4 is 33.6 Å². The largest absolute Gasteiger partial charge is 0.338 e. The number of fused-ring (bicyclic) bond motifs is 2. The summed E-state index contributed by atoms with van der Waals surface area (Å²) in [5, 5.41) is 8.94. The lowest BCUT2D eigenvalue weighted by Gasteiger charge is -2.07. The van der Waals surface area contributed by atoms with Crippen molar-refractivity contribution in [3.8, 4) is 5.69 Å². The third-order valence-electron chi connectivity index (χ3n) is 4.43. The van der Waals surface area contributed by atoms with Gasteiger partial charge in [0.2, 0.25) is 0 Å². The third-order valence-corrected chi connectivity index (χ3v) is 4.43. The average Bonchev–Trinajstić information content (AvgIpc) is 3.05. The van der Waals surface area contributed by atoms with Crippen LogP contribution in [0.15, 0.2) is 73.1 Å². The van der Waals surface area contributed by atoms with E-state index in [1.54, 1.807) is 12.4 Å². The number of hydrogen-bond donors (Lipinski definition) is 1. The molecule has 0 spiro atoms. The van der Waals surface area contributed by atoms with Crippen molar-refractivity contribution in [2.45, 2.75) is 6.92 Å². The number of para-hydroxylation sites is 3. The van der Waals surface area contributed by atoms with Crippen molar-refractivity contribution in [2.24, 2.45) is 0 Å². The van der Waals surface area contributed by atoms with Gasteiger partial charge in [0.15, 0.2) is 5.65 Å². The number of nitrogens with one attached hydrogen (secondary N) is 1. The Morgan fingerprint density at radius 2 is 1.63 bits per heavy atom. The van der Waals surface area contributed by atoms with E-state index < -0.39 is 0 Å². The lowest BCUT2D eigenvalue weighted by Crippen LogP contribution is -1.98. The molecule has 27 heavy (non-hydrogen) atoms. The molecular formula is C21H16N6. The zero-order valence-corrected chi connectivity index (χ0v) is 14.7. The molecule has 0 saturated carbocycles. The highest BCUT2D eigenvalue weighted by Gasteiger charge is 2.11. The summed E-state index contributed by atoms with van der Waals surface area (Å²) in [5.41, 5.74) is 5.32. The normalized spacial score (nSPS) is 11.1. The summed E-state index contributed by atoms with van der Waals surface area (Å²) in [4.78, 5) is 13.7. The summed E-state index contributed by atoms with van der Waals surface area (Å²) < 4.78 is 1.87. The highest BCUT2D eigenvalue weighted by Crippen LogP contribution is 2.24. The summed E-state index contributed by atoms with van der Waals surface area (Å²) in [6.07, 6.45) is 3.52. The van der Waals surface area contributed by atoms with Crippen molar-refractivity contribution in [1.29, 1.82) is 0 Å². The van der Waals surface area contributed by atoms with E-state index in [-0.39, 0.29) is 0 Å². The van der Waals surface area contributed by atoms with E-state index in [1.165, 1.54) is 0 Å². The molecule has 0 aliphatic heterocycles. The Morgan fingerprint density at radius 3 is 2.48 bits per heavy atom. The molecule has 0 amide bonds. The van der Waals surface area contributed by atoms with Gasteiger partial charge in [-0.25, -0.2) is 14.6 Å². The summed E-state index contributed by atoms with van der Waals surface area (Å²) in [7, 11) is 0. The van der Waals surface area contributed by atoms with E-state index in [2.05, 4.69) is 25.4 Å². The van der Waals surface area contributed by atoms with Gasteiger partial charge in [0, 0.05) is 5.39 Å². The summed E-state index contributed by atoms with van der Waals surface area (Å²) in [5.74, 6) is 0.683. The number of aryl methyl sites for hydroxylation is 1. The van der Waals surface area contributed by atoms with Gasteiger partial charge in [-0.05, 0) is 37.3 Å². The lowest BCUT2D eigenvalue weighted by atomic mass is 10.2. The fourth-order valence-electron chi connectivity index (χ4n) is 3.13. The van der Waals surface area contributed by atoms with Crippen LogP contribution < -0.4 is 5.32 Å². The van der Waals surface area contributed by atoms with Gasteiger partial charge in [-0.1, -0.05) is 30.3 Å². The van der Waals surface area contributed by atoms with Crippen molar-refractivity contribution in [1.82, 2.24) is 24.7 Å². The molecule has 5 aromatic rings. The van der Waals surface area contributed by atoms with E-state index in [4.69, 9.17) is 0 Å². The fourth-order valence-corrected chi connectivity index (χ4v) is 3.13. The monoisotopic (exact) mass is 352 g/mol. The SMILES string of the molecule is Cc1nn(-c2ccccc2)c2ncc(Nc3cnc4ccccc4n3)cc12. The maximum atomic E-state index is 4.65. The van der Waals surface area contributed by atoms with Crippen LogP contribution in [0.1, 0.15) is 5.69 Å². The standard InChI is InChI=1S/C21H16N6/c1-14-17-11-15(24-20-13-22-18-9-5-6-10-19(18)25-20)12-23-21(17)27(26-14)16-7-3-2-4-8-16/h2-13H,1H3,(H,24,25). The minimum Gasteiger partial charge on any atom is -0.338 e. The van der Waals surface area contributed by atoms with Crippen molar-refractivity contribution in [2.75, 3.05) is 5.32 Å². The second kappa shape index (κ2) is 6.17. The zero-order chi connectivity index (χ0) is 18.2. The molecule has 130 valence electrons. The third kappa shape index (κ3) is 2.77. The topological polar surface area (TPSA) is 68.5 Å². The van der Waals surface area contributed by atoms with Crippen LogP contribution in [0.3, 0.4) is 0 Å². The highest BCUT2D eigenvalue weighted by molar-refractivity contribution is 5.84. The molecule has 0 atom stereocenters. The molecule has 0 saturated heterocycles. The number of rotatable bonds is 3. The van der Waals surface area contributed by atoms with Gasteiger partial charge in [-0.2, -0.15) is 5.10 Å². The quantitative estimate of drug-likeness (QED) is 0.521. The molecular weight excluding hydrogens is 336 g/mol. The van der Waals surface area contributed by atoms with Crippen LogP contribution in [0, 0.1) is 6.92 Å². The molecule has 5 rings (SSSR count). The van der Waals surface area contributed by atoms with Crippen molar-refractivity contribution in [3.05, 3.63) is 78.8 Å². The molecule has 3 heterocycles. The smallest absolute Gasteiger partial charge is 0.163 e. The van der Waals surface area contributed by atoms with Crippen molar-refractivity contribution < 1.29 is 0 Å². The van der Waals surface area contributed by atoms with Gasteiger partial charge in [0.25, 0.3) is 0 Å². The number of benzene rings is 2. The minimum absolute atomic E-state index is 0.683. The number of aromatic nitrogens is 5. The number of nitrogens with zero attached hydrogens (tertiary/aromatic N) is 5. The van der Waals surface area contributed by atoms with E-state index in [0.29, 0.717) is 5.82 Å². The molecule has 0 radical (unpaired) electrons. The first-order valence-corrected chi connectivity index (χ1v) is 8.67. The van der Waals surface area contributed by atoms with Crippen LogP contribution in [0.5, 0.6) is 0 Å². The summed E-state index contributed by atoms with van der Waals surface area (Å²) >= 11 is 0. The van der Waals surface area contributed by atoms with Crippen LogP contribution in [-0.2, 0) is 0 Å². The number of anilines is 2. The van der Waals surface area contributed by atoms with E-state index in [1.807, 2.05) is 72.3 Å². The summed E-state index contributed by atoms with van der Waals surface area (Å²) in [6.45, 7) is 1.99. The highest BCUT2D eigenvalue weighted by atomic mass is 15.3. The van der Waals surface area contributed by atoms with Gasteiger partial charge in [0.05, 0.1) is 40.5 Å². The van der Waals surface area contributed by atoms with Crippen LogP contribution in [-0.4, -0.2) is 24.7 Å². The molecule has 3 aromatic heterocycles. The maximum absolute atomic E-state index is 4.65. The van der Waals surface area contributed by atoms with Gasteiger partial charge in [-0.15, -0.1) is 0 Å². The second-order valence-electron chi connectivity index (χ2n) is 6.30. The molecule has 6 heteroatoms. The first-order valence-electron chi connectivity index (χ1n) is 8.67. The molecule has 6 nitrogen and oxygen atoms in total. The first kappa shape index (κ1) is 15.5. The van der Waals surface area contributed by atoms with Crippen LogP contribution >= 0.6 is 0 Å². The first-order chi connectivity index (χ1) is 13.3. The maximum Gasteiger partial charge on any atom is 0.163 e. The Labute approximate surface area is 155 Å². The Morgan fingerprint density at radius 1 is 0.852 bits per heavy atom. The van der Waals surface area contributed by atoms with Gasteiger partial charge >= 0.3 is 0 Å². The molecule has 2 aromatic carbocycles. The Balaban J connectivity index is 1.53. The van der Waals surface area contributed by atoms with Gasteiger partial charge in [-0.3, -0.25) is 4.98 Å². The average molecular weight is 352 g/mol. The Hall–Kier alpha value is -3.80. The van der Waals surface area contributed by atoms with E-state index in [0.717, 1.165) is 39.1 Å². The molecule has 0 bridgehead atoms. The van der Waals surface area contributed by atoms with Gasteiger partial charge in [0.1, 0.15) is 5.82 Å². The Bertz CT molecular complexity index is 1260. The van der Waals surface area contributed by atoms with Crippen LogP contribution in [0.4, 0.5) is 11.5 Å². The molecule has 1 N–H and O–H groups in total. The van der Waals surface area contributed by atoms with E-state index in [9.17, 15) is 0 Å². The number of pyridine rings is 1. The van der Waals surface area contributed by atoms with E-state index >= 15 is 0 Å². The van der Waals surface area contributed by atoms with Crippen LogP contribution in [0.2, 0.25) is 0 Å². The molecule has 0 unspecified atom stereocenters.